The summed E-state index contributed by atoms with van der Waals surface area (Å²) >= 11 is 0. The van der Waals surface area contributed by atoms with Gasteiger partial charge < -0.3 is 15.4 Å². The zero-order chi connectivity index (χ0) is 18.4. The molecule has 0 saturated heterocycles. The predicted octanol–water partition coefficient (Wildman–Crippen LogP) is 4.81. The lowest BCUT2D eigenvalue weighted by molar-refractivity contribution is 0.0460. The number of hydrogen-bond acceptors (Lipinski definition) is 3. The highest BCUT2D eigenvalue weighted by Crippen LogP contribution is 2.31. The molecule has 140 valence electrons. The van der Waals surface area contributed by atoms with Gasteiger partial charge in [-0.05, 0) is 45.1 Å². The van der Waals surface area contributed by atoms with Crippen LogP contribution in [0.25, 0.3) is 0 Å². The average molecular weight is 347 g/mol. The minimum atomic E-state index is -0.445. The summed E-state index contributed by atoms with van der Waals surface area (Å²) in [7, 11) is 0. The van der Waals surface area contributed by atoms with Crippen molar-refractivity contribution in [1.29, 1.82) is 0 Å². The molecule has 1 saturated carbocycles. The highest BCUT2D eigenvalue weighted by atomic mass is 16.6. The molecule has 0 bridgehead atoms. The van der Waals surface area contributed by atoms with Gasteiger partial charge in [0.25, 0.3) is 0 Å². The van der Waals surface area contributed by atoms with E-state index in [9.17, 15) is 4.79 Å². The Morgan fingerprint density at radius 1 is 1.12 bits per heavy atom. The molecule has 25 heavy (non-hydrogen) atoms. The van der Waals surface area contributed by atoms with E-state index >= 15 is 0 Å². The van der Waals surface area contributed by atoms with Gasteiger partial charge in [0, 0.05) is 18.1 Å². The Kier molecular flexibility index (Phi) is 6.88. The lowest BCUT2D eigenvalue weighted by Crippen LogP contribution is -2.54. The SMILES string of the molecule is CCC(CC)C(NC1CC(NC(=O)OC(C)(C)C)C1)c1ccccc1. The van der Waals surface area contributed by atoms with Gasteiger partial charge in [-0.2, -0.15) is 0 Å². The van der Waals surface area contributed by atoms with E-state index < -0.39 is 5.60 Å². The molecular formula is C21H34N2O2. The molecule has 1 aliphatic rings. The maximum absolute atomic E-state index is 11.9. The fourth-order valence-corrected chi connectivity index (χ4v) is 3.52. The van der Waals surface area contributed by atoms with Gasteiger partial charge in [-0.1, -0.05) is 57.0 Å². The Morgan fingerprint density at radius 2 is 1.72 bits per heavy atom. The predicted molar refractivity (Wildman–Crippen MR) is 103 cm³/mol. The summed E-state index contributed by atoms with van der Waals surface area (Å²) in [5.74, 6) is 0.625. The fourth-order valence-electron chi connectivity index (χ4n) is 3.52. The maximum atomic E-state index is 11.9. The van der Waals surface area contributed by atoms with E-state index in [1.165, 1.54) is 5.56 Å². The summed E-state index contributed by atoms with van der Waals surface area (Å²) in [6.45, 7) is 10.2. The van der Waals surface area contributed by atoms with Crippen molar-refractivity contribution in [2.75, 3.05) is 0 Å². The quantitative estimate of drug-likeness (QED) is 0.745. The first-order chi connectivity index (χ1) is 11.8. The number of carbonyl (C=O) groups is 1. The molecule has 2 rings (SSSR count). The number of rotatable bonds is 7. The minimum absolute atomic E-state index is 0.213. The van der Waals surface area contributed by atoms with Gasteiger partial charge in [0.2, 0.25) is 0 Å². The Hall–Kier alpha value is -1.55. The summed E-state index contributed by atoms with van der Waals surface area (Å²) in [4.78, 5) is 11.9. The molecule has 1 fully saturated rings. The highest BCUT2D eigenvalue weighted by molar-refractivity contribution is 5.68. The van der Waals surface area contributed by atoms with Gasteiger partial charge in [-0.15, -0.1) is 0 Å². The van der Waals surface area contributed by atoms with E-state index in [-0.39, 0.29) is 12.1 Å². The summed E-state index contributed by atoms with van der Waals surface area (Å²) in [6.07, 6.45) is 3.94. The zero-order valence-electron chi connectivity index (χ0n) is 16.3. The molecule has 1 aromatic rings. The third kappa shape index (κ3) is 6.03. The second kappa shape index (κ2) is 8.70. The van der Waals surface area contributed by atoms with Gasteiger partial charge in [0.15, 0.2) is 0 Å². The van der Waals surface area contributed by atoms with Crippen LogP contribution in [0.1, 0.15) is 71.9 Å². The van der Waals surface area contributed by atoms with Crippen LogP contribution in [-0.2, 0) is 4.74 Å². The first-order valence-electron chi connectivity index (χ1n) is 9.62. The number of amides is 1. The van der Waals surface area contributed by atoms with Crippen molar-refractivity contribution in [1.82, 2.24) is 10.6 Å². The van der Waals surface area contributed by atoms with Crippen molar-refractivity contribution >= 4 is 6.09 Å². The molecule has 1 amide bonds. The molecule has 1 unspecified atom stereocenters. The van der Waals surface area contributed by atoms with Crippen LogP contribution in [0.3, 0.4) is 0 Å². The first kappa shape index (κ1) is 19.8. The van der Waals surface area contributed by atoms with Crippen LogP contribution in [0.15, 0.2) is 30.3 Å². The van der Waals surface area contributed by atoms with Gasteiger partial charge in [-0.3, -0.25) is 0 Å². The number of carbonyl (C=O) groups excluding carboxylic acids is 1. The van der Waals surface area contributed by atoms with Gasteiger partial charge in [-0.25, -0.2) is 4.79 Å². The summed E-state index contributed by atoms with van der Waals surface area (Å²) in [5.41, 5.74) is 0.916. The number of nitrogens with one attached hydrogen (secondary N) is 2. The van der Waals surface area contributed by atoms with Gasteiger partial charge in [0.05, 0.1) is 0 Å². The largest absolute Gasteiger partial charge is 0.444 e. The van der Waals surface area contributed by atoms with Crippen LogP contribution >= 0.6 is 0 Å². The Labute approximate surface area is 152 Å². The average Bonchev–Trinajstić information content (AvgIpc) is 2.51. The lowest BCUT2D eigenvalue weighted by Gasteiger charge is -2.40. The highest BCUT2D eigenvalue weighted by Gasteiger charge is 2.34. The lowest BCUT2D eigenvalue weighted by atomic mass is 9.82. The smallest absolute Gasteiger partial charge is 0.407 e. The van der Waals surface area contributed by atoms with Crippen molar-refractivity contribution in [3.8, 4) is 0 Å². The minimum Gasteiger partial charge on any atom is -0.444 e. The van der Waals surface area contributed by atoms with E-state index in [0.29, 0.717) is 18.0 Å². The Morgan fingerprint density at radius 3 is 2.24 bits per heavy atom. The number of alkyl carbamates (subject to hydrolysis) is 1. The second-order valence-electron chi connectivity index (χ2n) is 8.14. The summed E-state index contributed by atoms with van der Waals surface area (Å²) < 4.78 is 5.33. The molecule has 0 spiro atoms. The normalized spacial score (nSPS) is 21.5. The van der Waals surface area contributed by atoms with Gasteiger partial charge >= 0.3 is 6.09 Å². The number of ether oxygens (including phenoxy) is 1. The Bertz CT molecular complexity index is 529. The molecule has 0 heterocycles. The molecule has 0 aliphatic heterocycles. The molecule has 4 heteroatoms. The third-order valence-corrected chi connectivity index (χ3v) is 4.95. The zero-order valence-corrected chi connectivity index (χ0v) is 16.3. The van der Waals surface area contributed by atoms with Crippen LogP contribution in [-0.4, -0.2) is 23.8 Å². The van der Waals surface area contributed by atoms with Crippen molar-refractivity contribution < 1.29 is 9.53 Å². The van der Waals surface area contributed by atoms with Crippen LogP contribution in [0.4, 0.5) is 4.79 Å². The van der Waals surface area contributed by atoms with E-state index in [1.54, 1.807) is 0 Å². The second-order valence-corrected chi connectivity index (χ2v) is 8.14. The number of benzene rings is 1. The third-order valence-electron chi connectivity index (χ3n) is 4.95. The summed E-state index contributed by atoms with van der Waals surface area (Å²) in [5, 5.41) is 6.80. The molecule has 1 atom stereocenters. The van der Waals surface area contributed by atoms with Crippen LogP contribution < -0.4 is 10.6 Å². The first-order valence-corrected chi connectivity index (χ1v) is 9.62. The number of hydrogen-bond donors (Lipinski definition) is 2. The van der Waals surface area contributed by atoms with E-state index in [4.69, 9.17) is 4.74 Å². The van der Waals surface area contributed by atoms with Crippen molar-refractivity contribution in [3.63, 3.8) is 0 Å². The molecule has 1 aromatic carbocycles. The molecule has 0 radical (unpaired) electrons. The van der Waals surface area contributed by atoms with Crippen molar-refractivity contribution in [2.45, 2.75) is 84.0 Å². The molecule has 2 N–H and O–H groups in total. The van der Waals surface area contributed by atoms with Crippen LogP contribution in [0.5, 0.6) is 0 Å². The summed E-state index contributed by atoms with van der Waals surface area (Å²) in [6, 6.07) is 11.8. The van der Waals surface area contributed by atoms with Crippen molar-refractivity contribution in [2.24, 2.45) is 5.92 Å². The monoisotopic (exact) mass is 346 g/mol. The van der Waals surface area contributed by atoms with E-state index in [2.05, 4.69) is 54.8 Å². The molecular weight excluding hydrogens is 312 g/mol. The fraction of sp³-hybridized carbons (Fsp3) is 0.667. The maximum Gasteiger partial charge on any atom is 0.407 e. The topological polar surface area (TPSA) is 50.4 Å². The van der Waals surface area contributed by atoms with Gasteiger partial charge in [0.1, 0.15) is 5.60 Å². The van der Waals surface area contributed by atoms with E-state index in [0.717, 1.165) is 25.7 Å². The van der Waals surface area contributed by atoms with Crippen molar-refractivity contribution in [3.05, 3.63) is 35.9 Å². The van der Waals surface area contributed by atoms with Crippen LogP contribution in [0, 0.1) is 5.92 Å². The molecule has 0 aromatic heterocycles. The van der Waals surface area contributed by atoms with Crippen LogP contribution in [0.2, 0.25) is 0 Å². The van der Waals surface area contributed by atoms with E-state index in [1.807, 2.05) is 20.8 Å². The molecule has 4 nitrogen and oxygen atoms in total. The standard InChI is InChI=1S/C21H34N2O2/c1-6-15(7-2)19(16-11-9-8-10-12-16)22-17-13-18(14-17)23-20(24)25-21(3,4)5/h8-12,15,17-19,22H,6-7,13-14H2,1-5H3,(H,23,24). The molecule has 1 aliphatic carbocycles. The Balaban J connectivity index is 1.87.